The molecule has 1 atom stereocenters. The molecule has 4 aliphatic rings. The van der Waals surface area contributed by atoms with Gasteiger partial charge in [-0.2, -0.15) is 0 Å². The van der Waals surface area contributed by atoms with Gasteiger partial charge in [0, 0.05) is 46.7 Å². The normalized spacial score (nSPS) is 22.9. The van der Waals surface area contributed by atoms with E-state index in [1.54, 1.807) is 17.0 Å². The number of amides is 3. The van der Waals surface area contributed by atoms with Crippen LogP contribution in [0, 0.1) is 5.82 Å². The smallest absolute Gasteiger partial charge is 0.255 e. The molecule has 4 aliphatic heterocycles. The van der Waals surface area contributed by atoms with Gasteiger partial charge >= 0.3 is 0 Å². The number of ether oxygens (including phenoxy) is 1. The Morgan fingerprint density at radius 1 is 1.11 bits per heavy atom. The average Bonchev–Trinajstić information content (AvgIpc) is 3.58. The summed E-state index contributed by atoms with van der Waals surface area (Å²) in [6.07, 6.45) is 4.23. The van der Waals surface area contributed by atoms with Crippen LogP contribution in [0.15, 0.2) is 36.5 Å². The van der Waals surface area contributed by atoms with Crippen molar-refractivity contribution in [1.82, 2.24) is 20.1 Å². The van der Waals surface area contributed by atoms with E-state index in [1.165, 1.54) is 0 Å². The summed E-state index contributed by atoms with van der Waals surface area (Å²) in [6, 6.07) is 8.33. The minimum atomic E-state index is -0.638. The number of aromatic nitrogens is 1. The van der Waals surface area contributed by atoms with Crippen molar-refractivity contribution in [3.05, 3.63) is 64.6 Å². The first-order valence-electron chi connectivity index (χ1n) is 12.8. The molecule has 2 saturated heterocycles. The first kappa shape index (κ1) is 22.5. The number of imide groups is 1. The lowest BCUT2D eigenvalue weighted by molar-refractivity contribution is -0.136. The molecule has 0 saturated carbocycles. The number of fused-ring (bicyclic) bond motifs is 5. The van der Waals surface area contributed by atoms with E-state index in [2.05, 4.69) is 15.2 Å². The minimum absolute atomic E-state index is 0.115. The van der Waals surface area contributed by atoms with E-state index in [1.807, 2.05) is 24.4 Å². The summed E-state index contributed by atoms with van der Waals surface area (Å²) in [4.78, 5) is 44.3. The number of carbonyl (C=O) groups is 3. The zero-order chi connectivity index (χ0) is 25.3. The number of carbonyl (C=O) groups excluding carboxylic acids is 3. The van der Waals surface area contributed by atoms with Gasteiger partial charge in [0.1, 0.15) is 17.6 Å². The average molecular weight is 503 g/mol. The summed E-state index contributed by atoms with van der Waals surface area (Å²) >= 11 is 0. The molecule has 37 heavy (non-hydrogen) atoms. The van der Waals surface area contributed by atoms with Gasteiger partial charge in [-0.1, -0.05) is 6.07 Å². The molecule has 1 spiro atoms. The highest BCUT2D eigenvalue weighted by Crippen LogP contribution is 2.49. The van der Waals surface area contributed by atoms with Crippen LogP contribution in [0.3, 0.4) is 0 Å². The predicted octanol–water partition coefficient (Wildman–Crippen LogP) is 2.99. The Hall–Kier alpha value is -3.72. The molecule has 2 aromatic carbocycles. The molecule has 190 valence electrons. The van der Waals surface area contributed by atoms with Gasteiger partial charge in [-0.25, -0.2) is 4.39 Å². The molecule has 0 bridgehead atoms. The third-order valence-electron chi connectivity index (χ3n) is 8.64. The Morgan fingerprint density at radius 3 is 2.76 bits per heavy atom. The molecule has 8 nitrogen and oxygen atoms in total. The maximum atomic E-state index is 14.1. The fraction of sp³-hybridized carbons (Fsp3) is 0.393. The van der Waals surface area contributed by atoms with Gasteiger partial charge in [-0.15, -0.1) is 0 Å². The van der Waals surface area contributed by atoms with E-state index >= 15 is 0 Å². The van der Waals surface area contributed by atoms with Crippen molar-refractivity contribution in [2.75, 3.05) is 19.7 Å². The van der Waals surface area contributed by atoms with Crippen LogP contribution in [-0.4, -0.2) is 58.2 Å². The number of hydrogen-bond acceptors (Lipinski definition) is 5. The fourth-order valence-electron chi connectivity index (χ4n) is 6.61. The van der Waals surface area contributed by atoms with Crippen molar-refractivity contribution in [1.29, 1.82) is 0 Å². The van der Waals surface area contributed by atoms with Crippen molar-refractivity contribution >= 4 is 28.6 Å². The predicted molar refractivity (Wildman–Crippen MR) is 132 cm³/mol. The number of H-pyrrole nitrogens is 1. The number of likely N-dealkylation sites (tertiary alicyclic amines) is 1. The van der Waals surface area contributed by atoms with Gasteiger partial charge in [-0.05, 0) is 62.2 Å². The molecule has 1 unspecified atom stereocenters. The standard InChI is InChI=1S/C28H27FN4O4/c29-18-11-16-5-8-30-24(16)17(12-18)13-32-9-6-28(7-10-32)15-37-25-20-14-33(22-3-4-23(34)31-26(22)35)27(36)19(20)1-2-21(25)28/h1-2,5,8,11-12,22,30H,3-4,6-7,9-10,13-15H2,(H,31,34,35). The highest BCUT2D eigenvalue weighted by atomic mass is 19.1. The van der Waals surface area contributed by atoms with Gasteiger partial charge < -0.3 is 14.6 Å². The Balaban J connectivity index is 1.10. The maximum Gasteiger partial charge on any atom is 0.255 e. The van der Waals surface area contributed by atoms with Crippen LogP contribution in [0.2, 0.25) is 0 Å². The minimum Gasteiger partial charge on any atom is -0.492 e. The lowest BCUT2D eigenvalue weighted by Gasteiger charge is -2.38. The lowest BCUT2D eigenvalue weighted by atomic mass is 9.74. The summed E-state index contributed by atoms with van der Waals surface area (Å²) in [5.41, 5.74) is 4.40. The van der Waals surface area contributed by atoms with Gasteiger partial charge in [-0.3, -0.25) is 24.6 Å². The molecule has 2 fully saturated rings. The third kappa shape index (κ3) is 3.48. The van der Waals surface area contributed by atoms with E-state index in [0.717, 1.165) is 59.3 Å². The maximum absolute atomic E-state index is 14.1. The van der Waals surface area contributed by atoms with Crippen molar-refractivity contribution in [2.24, 2.45) is 0 Å². The van der Waals surface area contributed by atoms with Crippen molar-refractivity contribution in [3.63, 3.8) is 0 Å². The van der Waals surface area contributed by atoms with Crippen molar-refractivity contribution < 1.29 is 23.5 Å². The first-order valence-corrected chi connectivity index (χ1v) is 12.8. The fourth-order valence-corrected chi connectivity index (χ4v) is 6.61. The number of benzene rings is 2. The number of hydrogen-bond donors (Lipinski definition) is 2. The number of nitrogens with zero attached hydrogens (tertiary/aromatic N) is 2. The SMILES string of the molecule is O=C1CCC(N2Cc3c(ccc4c3OCC43CCN(Cc4cc(F)cc5cc[nH]c45)CC3)C2=O)C(=O)N1. The number of halogens is 1. The summed E-state index contributed by atoms with van der Waals surface area (Å²) < 4.78 is 20.4. The Kier molecular flexibility index (Phi) is 4.95. The molecule has 0 aliphatic carbocycles. The second-order valence-electron chi connectivity index (χ2n) is 10.7. The molecule has 9 heteroatoms. The largest absolute Gasteiger partial charge is 0.492 e. The van der Waals surface area contributed by atoms with Crippen LogP contribution in [0.25, 0.3) is 10.9 Å². The molecular formula is C28H27FN4O4. The quantitative estimate of drug-likeness (QED) is 0.537. The lowest BCUT2D eigenvalue weighted by Crippen LogP contribution is -2.52. The number of piperidine rings is 2. The molecule has 1 aromatic heterocycles. The zero-order valence-electron chi connectivity index (χ0n) is 20.3. The Morgan fingerprint density at radius 2 is 1.95 bits per heavy atom. The molecule has 2 N–H and O–H groups in total. The van der Waals surface area contributed by atoms with Crippen LogP contribution in [0.1, 0.15) is 52.7 Å². The van der Waals surface area contributed by atoms with Gasteiger partial charge in [0.25, 0.3) is 5.91 Å². The summed E-state index contributed by atoms with van der Waals surface area (Å²) in [5.74, 6) is -0.320. The summed E-state index contributed by atoms with van der Waals surface area (Å²) in [5, 5.41) is 3.24. The topological polar surface area (TPSA) is 94.7 Å². The molecule has 0 radical (unpaired) electrons. The van der Waals surface area contributed by atoms with Gasteiger partial charge in [0.05, 0.1) is 18.7 Å². The van der Waals surface area contributed by atoms with Crippen LogP contribution in [0.4, 0.5) is 4.39 Å². The van der Waals surface area contributed by atoms with Gasteiger partial charge in [0.2, 0.25) is 11.8 Å². The summed E-state index contributed by atoms with van der Waals surface area (Å²) in [7, 11) is 0. The van der Waals surface area contributed by atoms with Crippen LogP contribution in [0.5, 0.6) is 5.75 Å². The molecule has 3 aromatic rings. The summed E-state index contributed by atoms with van der Waals surface area (Å²) in [6.45, 7) is 3.29. The van der Waals surface area contributed by atoms with Crippen molar-refractivity contribution in [2.45, 2.75) is 50.2 Å². The zero-order valence-corrected chi connectivity index (χ0v) is 20.3. The van der Waals surface area contributed by atoms with E-state index in [0.29, 0.717) is 31.7 Å². The van der Waals surface area contributed by atoms with Crippen LogP contribution >= 0.6 is 0 Å². The van der Waals surface area contributed by atoms with E-state index in [9.17, 15) is 18.8 Å². The second kappa shape index (κ2) is 8.14. The number of rotatable bonds is 3. The first-order chi connectivity index (χ1) is 17.9. The third-order valence-corrected chi connectivity index (χ3v) is 8.64. The number of aromatic amines is 1. The van der Waals surface area contributed by atoms with E-state index in [4.69, 9.17) is 4.74 Å². The Labute approximate surface area is 212 Å². The van der Waals surface area contributed by atoms with E-state index in [-0.39, 0.29) is 29.5 Å². The molecular weight excluding hydrogens is 475 g/mol. The number of nitrogens with one attached hydrogen (secondary N) is 2. The molecule has 5 heterocycles. The van der Waals surface area contributed by atoms with Gasteiger partial charge in [0.15, 0.2) is 0 Å². The molecule has 3 amide bonds. The highest BCUT2D eigenvalue weighted by molar-refractivity contribution is 6.05. The Bertz CT molecular complexity index is 1470. The monoisotopic (exact) mass is 502 g/mol. The van der Waals surface area contributed by atoms with Crippen molar-refractivity contribution in [3.8, 4) is 5.75 Å². The van der Waals surface area contributed by atoms with E-state index < -0.39 is 11.9 Å². The van der Waals surface area contributed by atoms with Crippen LogP contribution in [-0.2, 0) is 28.1 Å². The molecule has 7 rings (SSSR count). The second-order valence-corrected chi connectivity index (χ2v) is 10.7. The van der Waals surface area contributed by atoms with Crippen LogP contribution < -0.4 is 10.1 Å². The highest BCUT2D eigenvalue weighted by Gasteiger charge is 2.47.